The van der Waals surface area contributed by atoms with Crippen molar-refractivity contribution in [2.45, 2.75) is 18.9 Å². The zero-order chi connectivity index (χ0) is 12.0. The van der Waals surface area contributed by atoms with Gasteiger partial charge in [-0.2, -0.15) is 0 Å². The second-order valence-electron chi connectivity index (χ2n) is 3.23. The van der Waals surface area contributed by atoms with Gasteiger partial charge in [0, 0.05) is 24.7 Å². The Balaban J connectivity index is 2.58. The van der Waals surface area contributed by atoms with Crippen molar-refractivity contribution in [1.82, 2.24) is 15.3 Å². The average Bonchev–Trinajstić information content (AvgIpc) is 2.69. The number of amides is 1. The second-order valence-corrected chi connectivity index (χ2v) is 3.23. The van der Waals surface area contributed by atoms with Crippen molar-refractivity contribution < 1.29 is 14.7 Å². The molecule has 0 unspecified atom stereocenters. The molecule has 1 aromatic heterocycles. The quantitative estimate of drug-likeness (QED) is 0.596. The van der Waals surface area contributed by atoms with Crippen LogP contribution in [0, 0.1) is 0 Å². The van der Waals surface area contributed by atoms with Crippen LogP contribution < -0.4 is 5.32 Å². The van der Waals surface area contributed by atoms with Crippen molar-refractivity contribution in [2.24, 2.45) is 0 Å². The van der Waals surface area contributed by atoms with E-state index in [1.165, 1.54) is 18.6 Å². The smallest absolute Gasteiger partial charge is 0.326 e. The Morgan fingerprint density at radius 3 is 2.94 bits per heavy atom. The van der Waals surface area contributed by atoms with Crippen LogP contribution >= 0.6 is 0 Å². The van der Waals surface area contributed by atoms with Gasteiger partial charge in [-0.3, -0.25) is 4.79 Å². The van der Waals surface area contributed by atoms with E-state index in [0.717, 1.165) is 0 Å². The van der Waals surface area contributed by atoms with Gasteiger partial charge in [-0.15, -0.1) is 6.58 Å². The number of nitrogens with zero attached hydrogens (tertiary/aromatic N) is 1. The normalized spacial score (nSPS) is 11.8. The van der Waals surface area contributed by atoms with Crippen molar-refractivity contribution in [3.8, 4) is 0 Å². The van der Waals surface area contributed by atoms with E-state index >= 15 is 0 Å². The van der Waals surface area contributed by atoms with Gasteiger partial charge < -0.3 is 15.4 Å². The number of rotatable bonds is 6. The number of nitrogens with one attached hydrogen (secondary N) is 2. The fourth-order valence-electron chi connectivity index (χ4n) is 1.20. The van der Waals surface area contributed by atoms with Crippen LogP contribution in [0.2, 0.25) is 0 Å². The molecule has 0 spiro atoms. The highest BCUT2D eigenvalue weighted by Crippen LogP contribution is 1.99. The molecule has 0 radical (unpaired) electrons. The number of aromatic amines is 1. The summed E-state index contributed by atoms with van der Waals surface area (Å²) in [6.07, 6.45) is 4.69. The lowest BCUT2D eigenvalue weighted by atomic mass is 10.1. The maximum absolute atomic E-state index is 11.2. The molecule has 16 heavy (non-hydrogen) atoms. The molecule has 0 saturated heterocycles. The predicted octanol–water partition coefficient (Wildman–Crippen LogP) is 0.0977. The maximum Gasteiger partial charge on any atom is 0.326 e. The predicted molar refractivity (Wildman–Crippen MR) is 56.7 cm³/mol. The number of hydrogen-bond donors (Lipinski definition) is 3. The van der Waals surface area contributed by atoms with E-state index in [2.05, 4.69) is 21.9 Å². The molecule has 1 aromatic rings. The van der Waals surface area contributed by atoms with Gasteiger partial charge in [0.1, 0.15) is 6.04 Å². The van der Waals surface area contributed by atoms with Crippen molar-refractivity contribution in [1.29, 1.82) is 0 Å². The van der Waals surface area contributed by atoms with E-state index in [0.29, 0.717) is 5.69 Å². The minimum Gasteiger partial charge on any atom is -0.480 e. The van der Waals surface area contributed by atoms with Crippen molar-refractivity contribution in [2.75, 3.05) is 0 Å². The standard InChI is InChI=1S/C10H13N3O3/c1-2-3-9(14)13-8(10(15)16)4-7-5-11-6-12-7/h2,5-6,8H,1,3-4H2,(H,11,12)(H,13,14)(H,15,16)/t8-/m1/s1. The van der Waals surface area contributed by atoms with Crippen LogP contribution in [0.25, 0.3) is 0 Å². The number of carbonyl (C=O) groups is 2. The fourth-order valence-corrected chi connectivity index (χ4v) is 1.20. The van der Waals surface area contributed by atoms with Crippen molar-refractivity contribution in [3.05, 3.63) is 30.9 Å². The molecule has 0 aliphatic heterocycles. The molecule has 6 heteroatoms. The summed E-state index contributed by atoms with van der Waals surface area (Å²) in [6.45, 7) is 3.40. The highest BCUT2D eigenvalue weighted by molar-refractivity contribution is 5.84. The molecule has 1 heterocycles. The Labute approximate surface area is 92.4 Å². The molecule has 1 amide bonds. The molecule has 1 rings (SSSR count). The Morgan fingerprint density at radius 1 is 1.69 bits per heavy atom. The summed E-state index contributed by atoms with van der Waals surface area (Å²) in [5.41, 5.74) is 0.659. The molecule has 1 atom stereocenters. The lowest BCUT2D eigenvalue weighted by molar-refractivity contribution is -0.141. The molecular weight excluding hydrogens is 210 g/mol. The summed E-state index contributed by atoms with van der Waals surface area (Å²) in [5.74, 6) is -1.44. The van der Waals surface area contributed by atoms with Crippen LogP contribution in [0.4, 0.5) is 0 Å². The van der Waals surface area contributed by atoms with E-state index in [4.69, 9.17) is 5.11 Å². The van der Waals surface area contributed by atoms with Crippen LogP contribution in [0.3, 0.4) is 0 Å². The number of carboxylic acids is 1. The van der Waals surface area contributed by atoms with Crippen LogP contribution in [-0.4, -0.2) is 33.0 Å². The van der Waals surface area contributed by atoms with Gasteiger partial charge in [0.15, 0.2) is 0 Å². The van der Waals surface area contributed by atoms with Gasteiger partial charge in [0.05, 0.1) is 6.33 Å². The third-order valence-electron chi connectivity index (χ3n) is 1.94. The van der Waals surface area contributed by atoms with Crippen molar-refractivity contribution in [3.63, 3.8) is 0 Å². The minimum atomic E-state index is -1.08. The molecule has 0 fully saturated rings. The highest BCUT2D eigenvalue weighted by Gasteiger charge is 2.20. The Kier molecular flexibility index (Phi) is 4.26. The van der Waals surface area contributed by atoms with Crippen molar-refractivity contribution >= 4 is 11.9 Å². The largest absolute Gasteiger partial charge is 0.480 e. The summed E-state index contributed by atoms with van der Waals surface area (Å²) in [4.78, 5) is 28.7. The number of H-pyrrole nitrogens is 1. The number of imidazole rings is 1. The van der Waals surface area contributed by atoms with E-state index in [-0.39, 0.29) is 18.7 Å². The number of carboxylic acid groups (broad SMARTS) is 1. The summed E-state index contributed by atoms with van der Waals surface area (Å²) in [5, 5.41) is 11.3. The van der Waals surface area contributed by atoms with Crippen LogP contribution in [-0.2, 0) is 16.0 Å². The monoisotopic (exact) mass is 223 g/mol. The molecule has 0 bridgehead atoms. The molecular formula is C10H13N3O3. The second kappa shape index (κ2) is 5.69. The maximum atomic E-state index is 11.2. The lowest BCUT2D eigenvalue weighted by Gasteiger charge is -2.12. The number of aliphatic carboxylic acids is 1. The SMILES string of the molecule is C=CCC(=O)N[C@H](Cc1cnc[nH]1)C(=O)O. The first-order valence-corrected chi connectivity index (χ1v) is 4.73. The van der Waals surface area contributed by atoms with E-state index in [9.17, 15) is 9.59 Å². The minimum absolute atomic E-state index is 0.104. The highest BCUT2D eigenvalue weighted by atomic mass is 16.4. The van der Waals surface area contributed by atoms with E-state index in [1.54, 1.807) is 0 Å². The van der Waals surface area contributed by atoms with Crippen LogP contribution in [0.5, 0.6) is 0 Å². The molecule has 86 valence electrons. The number of carbonyl (C=O) groups excluding carboxylic acids is 1. The molecule has 0 aliphatic carbocycles. The first-order valence-electron chi connectivity index (χ1n) is 4.73. The van der Waals surface area contributed by atoms with Crippen LogP contribution in [0.1, 0.15) is 12.1 Å². The first kappa shape index (κ1) is 12.0. The van der Waals surface area contributed by atoms with Gasteiger partial charge in [0.25, 0.3) is 0 Å². The first-order chi connectivity index (χ1) is 7.63. The Bertz CT molecular complexity index is 373. The summed E-state index contributed by atoms with van der Waals surface area (Å²) >= 11 is 0. The molecule has 0 saturated carbocycles. The summed E-state index contributed by atoms with van der Waals surface area (Å²) in [6, 6.07) is -0.951. The zero-order valence-electron chi connectivity index (χ0n) is 8.64. The third-order valence-corrected chi connectivity index (χ3v) is 1.94. The van der Waals surface area contributed by atoms with Gasteiger partial charge in [-0.05, 0) is 0 Å². The van der Waals surface area contributed by atoms with Gasteiger partial charge in [-0.25, -0.2) is 9.78 Å². The fraction of sp³-hybridized carbons (Fsp3) is 0.300. The van der Waals surface area contributed by atoms with E-state index in [1.807, 2.05) is 0 Å². The number of aromatic nitrogens is 2. The molecule has 6 nitrogen and oxygen atoms in total. The molecule has 0 aromatic carbocycles. The zero-order valence-corrected chi connectivity index (χ0v) is 8.64. The Hall–Kier alpha value is -2.11. The third kappa shape index (κ3) is 3.56. The Morgan fingerprint density at radius 2 is 2.44 bits per heavy atom. The molecule has 3 N–H and O–H groups in total. The molecule has 0 aliphatic rings. The summed E-state index contributed by atoms with van der Waals surface area (Å²) < 4.78 is 0. The van der Waals surface area contributed by atoms with Gasteiger partial charge >= 0.3 is 5.97 Å². The van der Waals surface area contributed by atoms with Crippen LogP contribution in [0.15, 0.2) is 25.2 Å². The van der Waals surface area contributed by atoms with Gasteiger partial charge in [0.2, 0.25) is 5.91 Å². The lowest BCUT2D eigenvalue weighted by Crippen LogP contribution is -2.42. The summed E-state index contributed by atoms with van der Waals surface area (Å²) in [7, 11) is 0. The van der Waals surface area contributed by atoms with E-state index < -0.39 is 12.0 Å². The number of hydrogen-bond acceptors (Lipinski definition) is 3. The average molecular weight is 223 g/mol. The topological polar surface area (TPSA) is 95.1 Å². The van der Waals surface area contributed by atoms with Gasteiger partial charge in [-0.1, -0.05) is 6.08 Å².